The maximum atomic E-state index is 13.0. The molecule has 1 unspecified atom stereocenters. The Morgan fingerprint density at radius 1 is 0.387 bits per heavy atom. The summed E-state index contributed by atoms with van der Waals surface area (Å²) in [6.45, 7) is 11.6. The average molecular weight is 1010 g/mol. The molecule has 0 aromatic heterocycles. The van der Waals surface area contributed by atoms with Crippen molar-refractivity contribution >= 4 is 18.4 Å². The second-order valence-electron chi connectivity index (χ2n) is 21.2. The highest BCUT2D eigenvalue weighted by Gasteiger charge is 2.31. The van der Waals surface area contributed by atoms with Crippen LogP contribution in [0, 0.1) is 23.7 Å². The Balaban J connectivity index is 0.000000130. The Bertz CT molecular complexity index is 2540. The number of rotatable bonds is 16. The fourth-order valence-corrected chi connectivity index (χ4v) is 9.80. The van der Waals surface area contributed by atoms with E-state index in [1.54, 1.807) is 42.5 Å². The van der Waals surface area contributed by atoms with Crippen molar-refractivity contribution in [3.8, 4) is 34.5 Å². The summed E-state index contributed by atoms with van der Waals surface area (Å²) >= 11 is 0. The maximum Gasteiger partial charge on any atom is 0.167 e. The molecule has 3 saturated heterocycles. The van der Waals surface area contributed by atoms with Gasteiger partial charge in [-0.1, -0.05) is 91.7 Å². The summed E-state index contributed by atoms with van der Waals surface area (Å²) in [6, 6.07) is 50.4. The van der Waals surface area contributed by atoms with Crippen LogP contribution in [0.1, 0.15) is 121 Å². The fourth-order valence-electron chi connectivity index (χ4n) is 9.80. The zero-order chi connectivity index (χ0) is 51.7. The van der Waals surface area contributed by atoms with Gasteiger partial charge in [0.2, 0.25) is 0 Å². The molecule has 0 bridgehead atoms. The van der Waals surface area contributed by atoms with E-state index in [1.807, 2.05) is 121 Å². The zero-order valence-corrected chi connectivity index (χ0v) is 44.1. The molecule has 0 radical (unpaired) electrons. The third kappa shape index (κ3) is 20.7. The largest absolute Gasteiger partial charge is 0.457 e. The van der Waals surface area contributed by atoms with Crippen molar-refractivity contribution in [1.82, 2.24) is 14.7 Å². The quantitative estimate of drug-likeness (QED) is 0.0695. The van der Waals surface area contributed by atoms with Crippen molar-refractivity contribution in [2.24, 2.45) is 23.7 Å². The van der Waals surface area contributed by atoms with Gasteiger partial charge in [0.1, 0.15) is 47.1 Å². The third-order valence-corrected chi connectivity index (χ3v) is 14.5. The Morgan fingerprint density at radius 3 is 1.25 bits per heavy atom. The number of Topliss-reactive ketones (excluding diaryl/α,β-unsaturated/α-hetero) is 1. The molecule has 6 aliphatic rings. The lowest BCUT2D eigenvalue weighted by Gasteiger charge is -2.32. The molecule has 9 heteroatoms. The van der Waals surface area contributed by atoms with E-state index in [4.69, 9.17) is 14.2 Å². The van der Waals surface area contributed by atoms with E-state index in [9.17, 15) is 14.4 Å². The highest BCUT2D eigenvalue weighted by molar-refractivity contribution is 5.98. The Labute approximate surface area is 447 Å². The predicted octanol–water partition coefficient (Wildman–Crippen LogP) is 15.1. The first-order chi connectivity index (χ1) is 36.9. The van der Waals surface area contributed by atoms with Crippen molar-refractivity contribution in [1.29, 1.82) is 0 Å². The number of likely N-dealkylation sites (tertiary alicyclic amines) is 3. The van der Waals surface area contributed by atoms with Gasteiger partial charge in [0.25, 0.3) is 0 Å². The summed E-state index contributed by atoms with van der Waals surface area (Å²) in [5, 5.41) is 0. The number of ketones is 1. The second kappa shape index (κ2) is 30.2. The van der Waals surface area contributed by atoms with Crippen LogP contribution in [-0.4, -0.2) is 92.0 Å². The molecule has 12 rings (SSSR count). The number of hydrogen-bond donors (Lipinski definition) is 0. The van der Waals surface area contributed by atoms with Gasteiger partial charge >= 0.3 is 0 Å². The molecule has 0 N–H and O–H groups in total. The van der Waals surface area contributed by atoms with Gasteiger partial charge in [-0.25, -0.2) is 0 Å². The summed E-state index contributed by atoms with van der Waals surface area (Å²) in [7, 11) is 0. The van der Waals surface area contributed by atoms with E-state index in [2.05, 4.69) is 14.7 Å². The summed E-state index contributed by atoms with van der Waals surface area (Å²) in [5.41, 5.74) is 2.03. The zero-order valence-electron chi connectivity index (χ0n) is 44.1. The molecule has 9 nitrogen and oxygen atoms in total. The van der Waals surface area contributed by atoms with Crippen LogP contribution >= 0.6 is 0 Å². The molecule has 3 heterocycles. The molecule has 3 aliphatic heterocycles. The third-order valence-electron chi connectivity index (χ3n) is 14.5. The van der Waals surface area contributed by atoms with Crippen LogP contribution < -0.4 is 14.2 Å². The molecule has 394 valence electrons. The van der Waals surface area contributed by atoms with Gasteiger partial charge in [0.15, 0.2) is 5.78 Å². The number of piperidine rings is 3. The number of para-hydroxylation sites is 3. The molecule has 75 heavy (non-hydrogen) atoms. The van der Waals surface area contributed by atoms with E-state index >= 15 is 0 Å². The normalized spacial score (nSPS) is 18.5. The molecule has 6 aromatic rings. The molecule has 0 spiro atoms. The van der Waals surface area contributed by atoms with Crippen molar-refractivity contribution < 1.29 is 28.6 Å². The minimum Gasteiger partial charge on any atom is -0.457 e. The maximum absolute atomic E-state index is 13.0. The highest BCUT2D eigenvalue weighted by atomic mass is 16.5. The van der Waals surface area contributed by atoms with Crippen molar-refractivity contribution in [3.63, 3.8) is 0 Å². The summed E-state index contributed by atoms with van der Waals surface area (Å²) in [5.74, 6) is 7.93. The van der Waals surface area contributed by atoms with Crippen LogP contribution in [-0.2, 0) is 0 Å². The lowest BCUT2D eigenvalue weighted by atomic mass is 9.90. The van der Waals surface area contributed by atoms with E-state index in [-0.39, 0.29) is 11.7 Å². The van der Waals surface area contributed by atoms with E-state index in [0.717, 1.165) is 90.6 Å². The Morgan fingerprint density at radius 2 is 0.787 bits per heavy atom. The van der Waals surface area contributed by atoms with Crippen LogP contribution in [0.25, 0.3) is 0 Å². The molecule has 6 aromatic carbocycles. The number of ether oxygens (including phenoxy) is 3. The molecular weight excluding hydrogens is 931 g/mol. The molecule has 3 aliphatic carbocycles. The van der Waals surface area contributed by atoms with Gasteiger partial charge in [-0.15, -0.1) is 0 Å². The predicted molar refractivity (Wildman–Crippen MR) is 302 cm³/mol. The fraction of sp³-hybridized carbons (Fsp3) is 0.409. The van der Waals surface area contributed by atoms with Crippen molar-refractivity contribution in [3.05, 3.63) is 180 Å². The van der Waals surface area contributed by atoms with Gasteiger partial charge in [0.05, 0.1) is 0 Å². The first-order valence-electron chi connectivity index (χ1n) is 28.0. The monoisotopic (exact) mass is 1010 g/mol. The minimum absolute atomic E-state index is 0.125. The van der Waals surface area contributed by atoms with Crippen LogP contribution in [0.5, 0.6) is 34.5 Å². The van der Waals surface area contributed by atoms with Gasteiger partial charge in [0, 0.05) is 48.8 Å². The number of nitrogens with zero attached hydrogens (tertiary/aromatic N) is 3. The standard InChI is InChI=1S/C22H25NO2.2C13H10O2.2C9H17N/c24-22(19-7-5-13-23(16-19)15-17-11-12-17)18-6-4-10-21(14-18)25-20-8-2-1-3-9-20;14-10-11-5-4-8-13(9-11)15-12-6-2-1-3-7-12;14-10-11-6-8-13(9-7-11)15-12-4-2-1-3-5-12;2*1-2-6-10(7-3-1)8-9-4-5-9/h1-4,6,8-10,14,17,19H,5,7,11-13,15-16H2;2*1-10H;2*9H,1-8H2. The van der Waals surface area contributed by atoms with Crippen LogP contribution in [0.15, 0.2) is 164 Å². The van der Waals surface area contributed by atoms with Crippen molar-refractivity contribution in [2.75, 3.05) is 58.9 Å². The summed E-state index contributed by atoms with van der Waals surface area (Å²) < 4.78 is 17.0. The second-order valence-corrected chi connectivity index (χ2v) is 21.2. The topological polar surface area (TPSA) is 88.6 Å². The average Bonchev–Trinajstić information content (AvgIpc) is 4.33. The molecular formula is C66H79N3O6. The van der Waals surface area contributed by atoms with Gasteiger partial charge in [-0.05, 0) is 212 Å². The van der Waals surface area contributed by atoms with E-state index < -0.39 is 0 Å². The lowest BCUT2D eigenvalue weighted by molar-refractivity contribution is 0.0814. The summed E-state index contributed by atoms with van der Waals surface area (Å²) in [4.78, 5) is 41.8. The molecule has 1 atom stereocenters. The minimum atomic E-state index is 0.125. The number of hydrogen-bond acceptors (Lipinski definition) is 9. The Kier molecular flexibility index (Phi) is 22.1. The Hall–Kier alpha value is -6.39. The molecule has 3 saturated carbocycles. The van der Waals surface area contributed by atoms with Crippen molar-refractivity contribution in [2.45, 2.75) is 89.9 Å². The number of carbonyl (C=O) groups is 3. The number of benzene rings is 6. The van der Waals surface area contributed by atoms with E-state index in [0.29, 0.717) is 16.9 Å². The number of aldehydes is 2. The van der Waals surface area contributed by atoms with Crippen LogP contribution in [0.4, 0.5) is 0 Å². The van der Waals surface area contributed by atoms with Crippen LogP contribution in [0.2, 0.25) is 0 Å². The molecule has 6 fully saturated rings. The first kappa shape index (κ1) is 54.9. The van der Waals surface area contributed by atoms with Crippen LogP contribution in [0.3, 0.4) is 0 Å². The number of carbonyl (C=O) groups excluding carboxylic acids is 3. The highest BCUT2D eigenvalue weighted by Crippen LogP contribution is 2.33. The first-order valence-corrected chi connectivity index (χ1v) is 28.0. The molecule has 0 amide bonds. The van der Waals surface area contributed by atoms with Gasteiger partial charge in [-0.2, -0.15) is 0 Å². The van der Waals surface area contributed by atoms with E-state index in [1.165, 1.54) is 123 Å². The lowest BCUT2D eigenvalue weighted by Crippen LogP contribution is -2.39. The SMILES string of the molecule is C1CCN(CC2CC2)CC1.C1CCN(CC2CC2)CC1.O=C(c1cccc(Oc2ccccc2)c1)C1CCCN(CC2CC2)C1.O=Cc1ccc(Oc2ccccc2)cc1.O=Cc1cccc(Oc2ccccc2)c1. The van der Waals surface area contributed by atoms with Gasteiger partial charge in [-0.3, -0.25) is 14.4 Å². The van der Waals surface area contributed by atoms with Gasteiger partial charge < -0.3 is 28.9 Å². The smallest absolute Gasteiger partial charge is 0.167 e. The summed E-state index contributed by atoms with van der Waals surface area (Å²) in [6.07, 6.45) is 21.3.